The van der Waals surface area contributed by atoms with Gasteiger partial charge in [0.2, 0.25) is 5.52 Å². The molecule has 0 saturated heterocycles. The first-order valence-corrected chi connectivity index (χ1v) is 6.75. The quantitative estimate of drug-likeness (QED) is 0.522. The van der Waals surface area contributed by atoms with Gasteiger partial charge in [0.1, 0.15) is 5.82 Å². The van der Waals surface area contributed by atoms with Crippen LogP contribution in [0, 0.1) is 5.82 Å². The lowest BCUT2D eigenvalue weighted by Crippen LogP contribution is -2.26. The fourth-order valence-electron chi connectivity index (χ4n) is 2.62. The van der Waals surface area contributed by atoms with Gasteiger partial charge in [-0.1, -0.05) is 22.0 Å². The lowest BCUT2D eigenvalue weighted by Gasteiger charge is -1.98. The number of anilines is 1. The van der Waals surface area contributed by atoms with Gasteiger partial charge in [0.25, 0.3) is 0 Å². The standard InChI is InChI=1S/C16H11FN4O.H2O/c17-10-5-7-11(8-6-10)20-16(22)15-9-13(18)12-3-1-2-4-14(12)21(15)19-20;/h1-9,18-19H;1H2. The minimum Gasteiger partial charge on any atom is -0.870 e. The van der Waals surface area contributed by atoms with E-state index < -0.39 is 0 Å². The lowest BCUT2D eigenvalue weighted by molar-refractivity contribution is -0.555. The normalized spacial score (nSPS) is 10.8. The van der Waals surface area contributed by atoms with Gasteiger partial charge >= 0.3 is 5.56 Å². The molecule has 0 spiro atoms. The number of aromatic nitrogens is 3. The molecule has 0 aliphatic carbocycles. The molecule has 0 saturated carbocycles. The van der Waals surface area contributed by atoms with Crippen LogP contribution >= 0.6 is 0 Å². The molecule has 0 amide bonds. The first-order chi connectivity index (χ1) is 10.6. The summed E-state index contributed by atoms with van der Waals surface area (Å²) < 4.78 is 16.1. The van der Waals surface area contributed by atoms with Crippen molar-refractivity contribution < 1.29 is 14.4 Å². The van der Waals surface area contributed by atoms with Gasteiger partial charge in [-0.25, -0.2) is 9.18 Å². The van der Waals surface area contributed by atoms with E-state index in [2.05, 4.69) is 5.21 Å². The van der Waals surface area contributed by atoms with Crippen LogP contribution < -0.4 is 15.8 Å². The van der Waals surface area contributed by atoms with E-state index in [0.717, 1.165) is 10.9 Å². The zero-order valence-corrected chi connectivity index (χ0v) is 11.9. The van der Waals surface area contributed by atoms with Crippen molar-refractivity contribution in [3.8, 4) is 5.69 Å². The summed E-state index contributed by atoms with van der Waals surface area (Å²) in [7, 11) is 0. The van der Waals surface area contributed by atoms with E-state index in [1.54, 1.807) is 10.6 Å². The summed E-state index contributed by atoms with van der Waals surface area (Å²) in [4.78, 5) is 12.6. The number of nitrogens with one attached hydrogen (secondary N) is 1. The average Bonchev–Trinajstić information content (AvgIpc) is 2.86. The van der Waals surface area contributed by atoms with Crippen LogP contribution in [-0.4, -0.2) is 15.4 Å². The van der Waals surface area contributed by atoms with Crippen LogP contribution in [0.5, 0.6) is 0 Å². The maximum atomic E-state index is 13.0. The predicted octanol–water partition coefficient (Wildman–Crippen LogP) is 1.60. The van der Waals surface area contributed by atoms with E-state index in [-0.39, 0.29) is 16.9 Å². The molecule has 4 N–H and O–H groups in total. The molecule has 4 aromatic rings. The van der Waals surface area contributed by atoms with E-state index in [1.165, 1.54) is 28.9 Å². The molecule has 0 aliphatic rings. The van der Waals surface area contributed by atoms with Gasteiger partial charge in [-0.05, 0) is 36.4 Å². The maximum Gasteiger partial charge on any atom is 0.406 e. The molecule has 0 radical (unpaired) electrons. The van der Waals surface area contributed by atoms with Crippen molar-refractivity contribution in [3.63, 3.8) is 0 Å². The summed E-state index contributed by atoms with van der Waals surface area (Å²) >= 11 is 0. The Bertz CT molecular complexity index is 1070. The first-order valence-electron chi connectivity index (χ1n) is 6.75. The second-order valence-electron chi connectivity index (χ2n) is 5.05. The minimum absolute atomic E-state index is 0. The second kappa shape index (κ2) is 5.22. The largest absolute Gasteiger partial charge is 0.870 e. The Hall–Kier alpha value is -3.19. The van der Waals surface area contributed by atoms with Crippen molar-refractivity contribution >= 4 is 22.1 Å². The Kier molecular flexibility index (Phi) is 3.34. The number of hydrogen-bond acceptors (Lipinski definition) is 3. The van der Waals surface area contributed by atoms with Crippen molar-refractivity contribution in [3.05, 3.63) is 70.8 Å². The SMILES string of the molecule is Nc1cc2c(=O)n(-c3ccc(F)cc3)[nH][n+]2c2ccccc12.[OH-]. The molecule has 0 unspecified atom stereocenters. The molecule has 0 bridgehead atoms. The summed E-state index contributed by atoms with van der Waals surface area (Å²) in [6, 6.07) is 14.9. The summed E-state index contributed by atoms with van der Waals surface area (Å²) in [5, 5.41) is 3.87. The predicted molar refractivity (Wildman–Crippen MR) is 83.4 cm³/mol. The third kappa shape index (κ3) is 2.14. The van der Waals surface area contributed by atoms with Crippen LogP contribution in [0.25, 0.3) is 22.1 Å². The number of pyridine rings is 1. The first kappa shape index (κ1) is 14.7. The highest BCUT2D eigenvalue weighted by Gasteiger charge is 2.20. The molecule has 0 atom stereocenters. The summed E-state index contributed by atoms with van der Waals surface area (Å²) in [5.74, 6) is -0.352. The van der Waals surface area contributed by atoms with E-state index >= 15 is 0 Å². The van der Waals surface area contributed by atoms with Crippen LogP contribution in [0.4, 0.5) is 10.1 Å². The fraction of sp³-hybridized carbons (Fsp3) is 0. The van der Waals surface area contributed by atoms with Crippen LogP contribution in [-0.2, 0) is 0 Å². The highest BCUT2D eigenvalue weighted by atomic mass is 19.1. The number of hydrogen-bond donors (Lipinski definition) is 2. The molecule has 0 aliphatic heterocycles. The van der Waals surface area contributed by atoms with Gasteiger partial charge in [-0.3, -0.25) is 0 Å². The van der Waals surface area contributed by atoms with Gasteiger partial charge < -0.3 is 11.2 Å². The summed E-state index contributed by atoms with van der Waals surface area (Å²) in [6.45, 7) is 0. The molecule has 2 heterocycles. The molecule has 6 nitrogen and oxygen atoms in total. The van der Waals surface area contributed by atoms with Crippen LogP contribution in [0.1, 0.15) is 0 Å². The Labute approximate surface area is 129 Å². The number of para-hydroxylation sites is 1. The lowest BCUT2D eigenvalue weighted by atomic mass is 10.2. The van der Waals surface area contributed by atoms with Crippen molar-refractivity contribution in [2.45, 2.75) is 0 Å². The minimum atomic E-state index is -0.352. The summed E-state index contributed by atoms with van der Waals surface area (Å²) in [5.41, 5.74) is 8.11. The molecule has 4 rings (SSSR count). The van der Waals surface area contributed by atoms with Gasteiger partial charge in [0.05, 0.1) is 0 Å². The van der Waals surface area contributed by atoms with Crippen LogP contribution in [0.3, 0.4) is 0 Å². The van der Waals surface area contributed by atoms with E-state index in [1.807, 2.05) is 24.3 Å². The highest BCUT2D eigenvalue weighted by Crippen LogP contribution is 2.18. The smallest absolute Gasteiger partial charge is 0.406 e. The monoisotopic (exact) mass is 312 g/mol. The zero-order chi connectivity index (χ0) is 15.3. The topological polar surface area (TPSA) is 97.9 Å². The molecule has 2 aromatic heterocycles. The maximum absolute atomic E-state index is 13.0. The second-order valence-corrected chi connectivity index (χ2v) is 5.05. The van der Waals surface area contributed by atoms with Crippen molar-refractivity contribution in [1.82, 2.24) is 9.90 Å². The molecule has 2 aromatic carbocycles. The van der Waals surface area contributed by atoms with Crippen LogP contribution in [0.2, 0.25) is 0 Å². The van der Waals surface area contributed by atoms with Crippen LogP contribution in [0.15, 0.2) is 59.4 Å². The third-order valence-electron chi connectivity index (χ3n) is 3.70. The molecular weight excluding hydrogens is 299 g/mol. The number of H-pyrrole nitrogens is 1. The van der Waals surface area contributed by atoms with Gasteiger partial charge in [-0.15, -0.1) is 4.52 Å². The number of nitrogen functional groups attached to an aromatic ring is 1. The zero-order valence-electron chi connectivity index (χ0n) is 11.9. The number of fused-ring (bicyclic) bond motifs is 3. The van der Waals surface area contributed by atoms with Crippen molar-refractivity contribution in [2.24, 2.45) is 0 Å². The Morgan fingerprint density at radius 3 is 2.48 bits per heavy atom. The van der Waals surface area contributed by atoms with Gasteiger partial charge in [0, 0.05) is 17.1 Å². The Morgan fingerprint density at radius 2 is 1.74 bits per heavy atom. The number of halogens is 1. The van der Waals surface area contributed by atoms with E-state index in [0.29, 0.717) is 16.9 Å². The van der Waals surface area contributed by atoms with E-state index in [9.17, 15) is 9.18 Å². The number of rotatable bonds is 1. The summed E-state index contributed by atoms with van der Waals surface area (Å²) in [6.07, 6.45) is 0. The fourth-order valence-corrected chi connectivity index (χ4v) is 2.62. The molecule has 116 valence electrons. The molecule has 7 heteroatoms. The molecule has 23 heavy (non-hydrogen) atoms. The highest BCUT2D eigenvalue weighted by molar-refractivity contribution is 5.89. The Balaban J connectivity index is 0.00000156. The van der Waals surface area contributed by atoms with Crippen molar-refractivity contribution in [1.29, 1.82) is 0 Å². The third-order valence-corrected chi connectivity index (χ3v) is 3.70. The number of nitrogens with zero attached hydrogens (tertiary/aromatic N) is 2. The number of benzene rings is 2. The van der Waals surface area contributed by atoms with Gasteiger partial charge in [0.15, 0.2) is 11.2 Å². The average molecular weight is 312 g/mol. The number of aromatic amines is 1. The molecular formula is C16H13FN4O2. The Morgan fingerprint density at radius 1 is 1.04 bits per heavy atom. The van der Waals surface area contributed by atoms with Crippen molar-refractivity contribution in [2.75, 3.05) is 5.73 Å². The number of nitrogens with two attached hydrogens (primary N) is 1. The van der Waals surface area contributed by atoms with Gasteiger partial charge in [-0.2, -0.15) is 0 Å². The molecule has 0 fully saturated rings. The van der Waals surface area contributed by atoms with E-state index in [4.69, 9.17) is 5.73 Å².